The predicted molar refractivity (Wildman–Crippen MR) is 221 cm³/mol. The van der Waals surface area contributed by atoms with Gasteiger partial charge in [0.15, 0.2) is 0 Å². The number of benzene rings is 3. The first-order valence-electron chi connectivity index (χ1n) is 19.6. The van der Waals surface area contributed by atoms with Gasteiger partial charge < -0.3 is 24.9 Å². The molecule has 1 unspecified atom stereocenters. The fraction of sp³-hybridized carbons (Fsp3) is 0.488. The summed E-state index contributed by atoms with van der Waals surface area (Å²) in [4.78, 5) is 36.5. The molecule has 0 bridgehead atoms. The lowest BCUT2D eigenvalue weighted by Gasteiger charge is -2.43. The number of hydrogen-bond donors (Lipinski definition) is 1. The van der Waals surface area contributed by atoms with E-state index in [9.17, 15) is 14.0 Å². The molecular formula is C43H53Cl3FN5O2. The first kappa shape index (κ1) is 40.5. The van der Waals surface area contributed by atoms with Crippen LogP contribution in [0.1, 0.15) is 73.7 Å². The Morgan fingerprint density at radius 1 is 0.741 bits per heavy atom. The molecule has 290 valence electrons. The van der Waals surface area contributed by atoms with Crippen molar-refractivity contribution in [2.75, 3.05) is 68.7 Å². The SMILES string of the molecule is O=C(c1ccccc1)N(CC1=CC(Cc2ccc(F)cc2)(NC(=O)C(Cl)(Cl)Cl)C1)c1ccc(N(CCCN2CCCCC2)CCCN2CCCCC2)cc1. The third kappa shape index (κ3) is 11.5. The van der Waals surface area contributed by atoms with Crippen LogP contribution in [0.4, 0.5) is 15.8 Å². The summed E-state index contributed by atoms with van der Waals surface area (Å²) < 4.78 is 11.6. The van der Waals surface area contributed by atoms with Crippen molar-refractivity contribution in [1.29, 1.82) is 0 Å². The largest absolute Gasteiger partial charge is 0.371 e. The Kier molecular flexibility index (Phi) is 14.4. The molecule has 7 nitrogen and oxygen atoms in total. The lowest BCUT2D eigenvalue weighted by Crippen LogP contribution is -2.57. The number of nitrogens with zero attached hydrogens (tertiary/aromatic N) is 4. The van der Waals surface area contributed by atoms with Gasteiger partial charge in [-0.1, -0.05) is 84.1 Å². The van der Waals surface area contributed by atoms with Gasteiger partial charge in [0.2, 0.25) is 0 Å². The van der Waals surface area contributed by atoms with E-state index >= 15 is 0 Å². The highest BCUT2D eigenvalue weighted by atomic mass is 35.6. The topological polar surface area (TPSA) is 59.1 Å². The summed E-state index contributed by atoms with van der Waals surface area (Å²) in [7, 11) is 0. The average molecular weight is 797 g/mol. The molecule has 2 aliphatic heterocycles. The van der Waals surface area contributed by atoms with Crippen LogP contribution in [-0.4, -0.2) is 89.8 Å². The molecule has 2 heterocycles. The first-order valence-corrected chi connectivity index (χ1v) is 20.7. The molecule has 11 heteroatoms. The second-order valence-corrected chi connectivity index (χ2v) is 17.4. The number of halogens is 4. The first-order chi connectivity index (χ1) is 26.1. The molecule has 1 atom stereocenters. The van der Waals surface area contributed by atoms with Gasteiger partial charge in [-0.25, -0.2) is 4.39 Å². The van der Waals surface area contributed by atoms with Gasteiger partial charge in [-0.2, -0.15) is 0 Å². The zero-order valence-corrected chi connectivity index (χ0v) is 33.4. The maximum Gasteiger partial charge on any atom is 0.272 e. The van der Waals surface area contributed by atoms with E-state index in [1.807, 2.05) is 48.5 Å². The van der Waals surface area contributed by atoms with Crippen LogP contribution in [0.5, 0.6) is 0 Å². The lowest BCUT2D eigenvalue weighted by molar-refractivity contribution is -0.121. The summed E-state index contributed by atoms with van der Waals surface area (Å²) in [5.74, 6) is -1.21. The van der Waals surface area contributed by atoms with Crippen LogP contribution < -0.4 is 15.1 Å². The number of rotatable bonds is 16. The minimum Gasteiger partial charge on any atom is -0.371 e. The van der Waals surface area contributed by atoms with Crippen LogP contribution in [0.25, 0.3) is 0 Å². The highest BCUT2D eigenvalue weighted by molar-refractivity contribution is 6.76. The Bertz CT molecular complexity index is 1670. The standard InChI is InChI=1S/C43H53Cl3FN5O2/c44-43(45,46)41(54)48-42(30-34-14-16-37(47)17-15-34)31-35(32-42)33-52(40(53)36-12-4-1-5-13-36)39-20-18-38(19-21-39)51(28-10-26-49-22-6-2-7-23-49)29-11-27-50-24-8-3-9-25-50/h1,4-5,12-21,31H,2-3,6-11,22-30,32-33H2,(H,48,54). The summed E-state index contributed by atoms with van der Waals surface area (Å²) in [6, 6.07) is 23.8. The van der Waals surface area contributed by atoms with Crippen molar-refractivity contribution in [1.82, 2.24) is 15.1 Å². The van der Waals surface area contributed by atoms with E-state index in [1.165, 1.54) is 82.5 Å². The van der Waals surface area contributed by atoms with Crippen molar-refractivity contribution in [3.05, 3.63) is 107 Å². The fourth-order valence-electron chi connectivity index (χ4n) is 8.14. The van der Waals surface area contributed by atoms with E-state index in [0.717, 1.165) is 55.8 Å². The van der Waals surface area contributed by atoms with Crippen molar-refractivity contribution in [3.8, 4) is 0 Å². The van der Waals surface area contributed by atoms with Crippen molar-refractivity contribution in [2.45, 2.75) is 73.5 Å². The Labute approximate surface area is 335 Å². The van der Waals surface area contributed by atoms with E-state index in [4.69, 9.17) is 34.8 Å². The molecule has 2 saturated heterocycles. The monoisotopic (exact) mass is 795 g/mol. The molecule has 1 aliphatic carbocycles. The molecule has 2 amide bonds. The molecule has 1 N–H and O–H groups in total. The molecule has 3 aliphatic rings. The highest BCUT2D eigenvalue weighted by Gasteiger charge is 2.43. The highest BCUT2D eigenvalue weighted by Crippen LogP contribution is 2.38. The summed E-state index contributed by atoms with van der Waals surface area (Å²) in [5, 5.41) is 2.91. The number of anilines is 2. The van der Waals surface area contributed by atoms with Crippen LogP contribution in [0.3, 0.4) is 0 Å². The van der Waals surface area contributed by atoms with Gasteiger partial charge in [0.25, 0.3) is 15.6 Å². The summed E-state index contributed by atoms with van der Waals surface area (Å²) in [6.45, 7) is 9.38. The maximum atomic E-state index is 14.1. The smallest absolute Gasteiger partial charge is 0.272 e. The Balaban J connectivity index is 1.21. The third-order valence-electron chi connectivity index (χ3n) is 10.9. The summed E-state index contributed by atoms with van der Waals surface area (Å²) in [5.41, 5.74) is 3.45. The van der Waals surface area contributed by atoms with Gasteiger partial charge in [-0.3, -0.25) is 9.59 Å². The van der Waals surface area contributed by atoms with Gasteiger partial charge in [-0.05, 0) is 150 Å². The lowest BCUT2D eigenvalue weighted by atomic mass is 9.74. The zero-order chi connectivity index (χ0) is 38.0. The van der Waals surface area contributed by atoms with E-state index in [2.05, 4.69) is 32.1 Å². The van der Waals surface area contributed by atoms with Gasteiger partial charge in [0.05, 0.1) is 5.54 Å². The van der Waals surface area contributed by atoms with E-state index in [-0.39, 0.29) is 11.7 Å². The number of likely N-dealkylation sites (tertiary alicyclic amines) is 2. The van der Waals surface area contributed by atoms with Crippen LogP contribution >= 0.6 is 34.8 Å². The van der Waals surface area contributed by atoms with Crippen molar-refractivity contribution >= 4 is 58.0 Å². The van der Waals surface area contributed by atoms with E-state index in [1.54, 1.807) is 17.0 Å². The molecule has 0 saturated carbocycles. The minimum absolute atomic E-state index is 0.120. The number of alkyl halides is 3. The molecular weight excluding hydrogens is 744 g/mol. The van der Waals surface area contributed by atoms with Crippen LogP contribution in [-0.2, 0) is 11.2 Å². The van der Waals surface area contributed by atoms with Crippen molar-refractivity contribution < 1.29 is 14.0 Å². The van der Waals surface area contributed by atoms with Crippen LogP contribution in [0, 0.1) is 5.82 Å². The number of piperidine rings is 2. The molecule has 54 heavy (non-hydrogen) atoms. The molecule has 0 spiro atoms. The number of carbonyl (C=O) groups excluding carboxylic acids is 2. The van der Waals surface area contributed by atoms with E-state index < -0.39 is 15.2 Å². The predicted octanol–water partition coefficient (Wildman–Crippen LogP) is 8.83. The van der Waals surface area contributed by atoms with Crippen LogP contribution in [0.2, 0.25) is 0 Å². The van der Waals surface area contributed by atoms with E-state index in [0.29, 0.717) is 24.9 Å². The molecule has 0 aromatic heterocycles. The van der Waals surface area contributed by atoms with Gasteiger partial charge in [-0.15, -0.1) is 0 Å². The number of hydrogen-bond acceptors (Lipinski definition) is 5. The maximum absolute atomic E-state index is 14.1. The second kappa shape index (κ2) is 19.1. The zero-order valence-electron chi connectivity index (χ0n) is 31.1. The third-order valence-corrected chi connectivity index (χ3v) is 11.4. The molecule has 3 aromatic carbocycles. The Hall–Kier alpha value is -3.14. The summed E-state index contributed by atoms with van der Waals surface area (Å²) >= 11 is 17.9. The molecule has 6 rings (SSSR count). The minimum atomic E-state index is -2.15. The molecule has 2 fully saturated rings. The number of carbonyl (C=O) groups is 2. The average Bonchev–Trinajstić information content (AvgIpc) is 3.17. The second-order valence-electron chi connectivity index (χ2n) is 15.2. The van der Waals surface area contributed by atoms with Crippen molar-refractivity contribution in [3.63, 3.8) is 0 Å². The number of nitrogens with one attached hydrogen (secondary N) is 1. The van der Waals surface area contributed by atoms with Crippen molar-refractivity contribution in [2.24, 2.45) is 0 Å². The summed E-state index contributed by atoms with van der Waals surface area (Å²) in [6.07, 6.45) is 12.9. The van der Waals surface area contributed by atoms with Gasteiger partial charge in [0, 0.05) is 36.6 Å². The van der Waals surface area contributed by atoms with Gasteiger partial charge in [0.1, 0.15) is 5.82 Å². The molecule has 0 radical (unpaired) electrons. The Morgan fingerprint density at radius 3 is 1.81 bits per heavy atom. The number of amides is 2. The fourth-order valence-corrected chi connectivity index (χ4v) is 8.28. The van der Waals surface area contributed by atoms with Gasteiger partial charge >= 0.3 is 0 Å². The quantitative estimate of drug-likeness (QED) is 0.116. The van der Waals surface area contributed by atoms with Crippen LogP contribution in [0.15, 0.2) is 90.5 Å². The normalized spacial score (nSPS) is 19.4. The Morgan fingerprint density at radius 2 is 1.28 bits per heavy atom. The molecule has 3 aromatic rings.